The number of hydrogen-bond donors (Lipinski definition) is 7. The number of quaternary nitrogens is 1. The Labute approximate surface area is 151 Å². The molecule has 1 aromatic rings. The number of phenolic OH excluding ortho intramolecular Hbond substituents is 1. The van der Waals surface area contributed by atoms with Gasteiger partial charge in [0.25, 0.3) is 0 Å². The van der Waals surface area contributed by atoms with Crippen molar-refractivity contribution in [3.63, 3.8) is 0 Å². The summed E-state index contributed by atoms with van der Waals surface area (Å²) in [6, 6.07) is -0.427. The number of thioether (sulfide) groups is 2. The molecule has 1 aromatic carbocycles. The summed E-state index contributed by atoms with van der Waals surface area (Å²) < 4.78 is 0. The Morgan fingerprint density at radius 3 is 2.72 bits per heavy atom. The van der Waals surface area contributed by atoms with E-state index in [1.54, 1.807) is 6.07 Å². The van der Waals surface area contributed by atoms with Crippen LogP contribution in [0.4, 0.5) is 5.69 Å². The fourth-order valence-corrected chi connectivity index (χ4v) is 4.39. The number of carbonyl (C=O) groups is 2. The highest BCUT2D eigenvalue weighted by atomic mass is 32.2. The van der Waals surface area contributed by atoms with Gasteiger partial charge in [-0.15, -0.1) is 23.5 Å². The van der Waals surface area contributed by atoms with Gasteiger partial charge in [-0.1, -0.05) is 0 Å². The number of phenols is 1. The van der Waals surface area contributed by atoms with Crippen LogP contribution in [0.1, 0.15) is 11.7 Å². The molecule has 11 heteroatoms. The van der Waals surface area contributed by atoms with Gasteiger partial charge in [-0.2, -0.15) is 0 Å². The lowest BCUT2D eigenvalue weighted by Crippen LogP contribution is -2.53. The number of aliphatic carboxylic acids is 2. The molecule has 1 aliphatic rings. The van der Waals surface area contributed by atoms with Gasteiger partial charge in [0.05, 0.1) is 10.6 Å². The Bertz CT molecular complexity index is 687. The number of rotatable bonds is 7. The second kappa shape index (κ2) is 8.15. The smallest absolute Gasteiger partial charge is 0.327 e. The van der Waals surface area contributed by atoms with Crippen LogP contribution in [0.2, 0.25) is 0 Å². The van der Waals surface area contributed by atoms with E-state index < -0.39 is 30.1 Å². The molecule has 2 rings (SSSR count). The highest BCUT2D eigenvalue weighted by molar-refractivity contribution is 8.00. The van der Waals surface area contributed by atoms with Crippen molar-refractivity contribution in [1.29, 1.82) is 0 Å². The molecule has 3 atom stereocenters. The molecule has 0 saturated heterocycles. The first-order valence-corrected chi connectivity index (χ1v) is 9.33. The minimum absolute atomic E-state index is 0.0110. The normalized spacial score (nSPS) is 18.8. The van der Waals surface area contributed by atoms with Gasteiger partial charge in [0.1, 0.15) is 24.7 Å². The molecule has 0 amide bonds. The standard InChI is InChI=1S/C14H19N3O6S2/c15-2-8(18)5-1-9(24-3-6(16)13(20)21)11(19)10-12(5)25-4-7(17-10)14(22)23/h1,6-8,17-19H,2-4,15-16H2,(H,20,21)(H,22,23)/p+1. The van der Waals surface area contributed by atoms with Crippen LogP contribution < -0.4 is 16.8 Å². The predicted molar refractivity (Wildman–Crippen MR) is 92.9 cm³/mol. The lowest BCUT2D eigenvalue weighted by Gasteiger charge is -2.28. The summed E-state index contributed by atoms with van der Waals surface area (Å²) in [5.41, 5.74) is 9.87. The first kappa shape index (κ1) is 19.7. The maximum Gasteiger partial charge on any atom is 0.327 e. The lowest BCUT2D eigenvalue weighted by atomic mass is 10.1. The third-order valence-corrected chi connectivity index (χ3v) is 6.00. The highest BCUT2D eigenvalue weighted by Crippen LogP contribution is 2.48. The Morgan fingerprint density at radius 1 is 1.48 bits per heavy atom. The molecule has 1 aliphatic heterocycles. The third kappa shape index (κ3) is 4.30. The summed E-state index contributed by atoms with van der Waals surface area (Å²) >= 11 is 2.25. The summed E-state index contributed by atoms with van der Waals surface area (Å²) in [7, 11) is 0. The van der Waals surface area contributed by atoms with E-state index in [4.69, 9.17) is 10.8 Å². The topological polar surface area (TPSA) is 181 Å². The Hall–Kier alpha value is -1.66. The van der Waals surface area contributed by atoms with E-state index in [1.807, 2.05) is 0 Å². The number of aliphatic hydroxyl groups is 1. The van der Waals surface area contributed by atoms with E-state index in [0.29, 0.717) is 15.4 Å². The van der Waals surface area contributed by atoms with Gasteiger partial charge in [-0.25, -0.2) is 4.79 Å². The minimum atomic E-state index is -1.16. The fraction of sp³-hybridized carbons (Fsp3) is 0.429. The Kier molecular flexibility index (Phi) is 6.41. The van der Waals surface area contributed by atoms with Crippen LogP contribution in [-0.4, -0.2) is 62.5 Å². The van der Waals surface area contributed by atoms with Crippen LogP contribution in [-0.2, 0) is 9.59 Å². The molecule has 10 N–H and O–H groups in total. The summed E-state index contributed by atoms with van der Waals surface area (Å²) in [6.45, 7) is 0.193. The number of aromatic hydroxyl groups is 1. The van der Waals surface area contributed by atoms with Crippen LogP contribution in [0, 0.1) is 0 Å². The van der Waals surface area contributed by atoms with Gasteiger partial charge in [0.15, 0.2) is 5.75 Å². The van der Waals surface area contributed by atoms with Gasteiger partial charge in [0, 0.05) is 22.0 Å². The maximum absolute atomic E-state index is 11.2. The van der Waals surface area contributed by atoms with E-state index >= 15 is 0 Å². The van der Waals surface area contributed by atoms with Crippen LogP contribution in [0.15, 0.2) is 15.9 Å². The highest BCUT2D eigenvalue weighted by Gasteiger charge is 2.31. The van der Waals surface area contributed by atoms with Crippen LogP contribution in [0.25, 0.3) is 0 Å². The molecule has 1 heterocycles. The number of benzene rings is 1. The predicted octanol–water partition coefficient (Wildman–Crippen LogP) is -0.858. The number of nitrogens with one attached hydrogen (secondary N) is 1. The quantitative estimate of drug-likeness (QED) is 0.229. The van der Waals surface area contributed by atoms with E-state index in [-0.39, 0.29) is 29.5 Å². The number of aliphatic hydroxyl groups excluding tert-OH is 1. The Balaban J connectivity index is 2.42. The average molecular weight is 390 g/mol. The first-order chi connectivity index (χ1) is 11.8. The van der Waals surface area contributed by atoms with Gasteiger partial charge in [-0.3, -0.25) is 4.79 Å². The maximum atomic E-state index is 11.2. The second-order valence-electron chi connectivity index (χ2n) is 5.42. The molecule has 0 aromatic heterocycles. The molecule has 0 radical (unpaired) electrons. The zero-order valence-electron chi connectivity index (χ0n) is 13.1. The van der Waals surface area contributed by atoms with Crippen molar-refractivity contribution in [2.45, 2.75) is 28.0 Å². The van der Waals surface area contributed by atoms with Crippen molar-refractivity contribution in [1.82, 2.24) is 0 Å². The first-order valence-electron chi connectivity index (χ1n) is 7.36. The third-order valence-electron chi connectivity index (χ3n) is 3.63. The fourth-order valence-electron chi connectivity index (χ4n) is 2.22. The van der Waals surface area contributed by atoms with Crippen molar-refractivity contribution >= 4 is 41.1 Å². The Morgan fingerprint density at radius 2 is 2.16 bits per heavy atom. The number of nitrogens with two attached hydrogens (primary N) is 1. The van der Waals surface area contributed by atoms with Crippen molar-refractivity contribution in [3.05, 3.63) is 11.6 Å². The van der Waals surface area contributed by atoms with Crippen molar-refractivity contribution in [2.75, 3.05) is 23.4 Å². The summed E-state index contributed by atoms with van der Waals surface area (Å²) in [5.74, 6) is -2.15. The molecular formula is C14H20N3O6S2+. The van der Waals surface area contributed by atoms with Crippen molar-refractivity contribution in [3.8, 4) is 5.75 Å². The molecule has 9 nitrogen and oxygen atoms in total. The molecule has 0 saturated carbocycles. The number of carboxylic acid groups (broad SMARTS) is 2. The molecule has 0 fully saturated rings. The van der Waals surface area contributed by atoms with E-state index in [9.17, 15) is 24.9 Å². The van der Waals surface area contributed by atoms with E-state index in [2.05, 4.69) is 11.1 Å². The van der Waals surface area contributed by atoms with Gasteiger partial charge in [0.2, 0.25) is 0 Å². The molecule has 3 unspecified atom stereocenters. The van der Waals surface area contributed by atoms with E-state index in [0.717, 1.165) is 11.8 Å². The van der Waals surface area contributed by atoms with Crippen molar-refractivity contribution in [2.24, 2.45) is 5.73 Å². The van der Waals surface area contributed by atoms with Gasteiger partial charge >= 0.3 is 11.9 Å². The number of hydrogen-bond acceptors (Lipinski definition) is 8. The largest absolute Gasteiger partial charge is 0.505 e. The number of fused-ring (bicyclic) bond motifs is 1. The zero-order valence-corrected chi connectivity index (χ0v) is 14.8. The molecular weight excluding hydrogens is 370 g/mol. The number of anilines is 1. The summed E-state index contributed by atoms with van der Waals surface area (Å²) in [4.78, 5) is 23.0. The SMILES string of the molecule is NC(CSc1cc(C(O)C[NH3+])c2c(c1O)NC(C(=O)O)CS2)C(=O)O. The molecule has 0 spiro atoms. The monoisotopic (exact) mass is 390 g/mol. The van der Waals surface area contributed by atoms with Gasteiger partial charge < -0.3 is 37.2 Å². The van der Waals surface area contributed by atoms with Crippen LogP contribution in [0.3, 0.4) is 0 Å². The molecule has 138 valence electrons. The van der Waals surface area contributed by atoms with Crippen molar-refractivity contribution < 1.29 is 35.7 Å². The zero-order chi connectivity index (χ0) is 18.7. The van der Waals surface area contributed by atoms with Crippen LogP contribution >= 0.6 is 23.5 Å². The molecule has 25 heavy (non-hydrogen) atoms. The number of carboxylic acids is 2. The minimum Gasteiger partial charge on any atom is -0.505 e. The lowest BCUT2D eigenvalue weighted by molar-refractivity contribution is -0.385. The molecule has 0 aliphatic carbocycles. The average Bonchev–Trinajstić information content (AvgIpc) is 2.59. The summed E-state index contributed by atoms with van der Waals surface area (Å²) in [5, 5.41) is 41.5. The second-order valence-corrected chi connectivity index (χ2v) is 7.52. The molecule has 0 bridgehead atoms. The summed E-state index contributed by atoms with van der Waals surface area (Å²) in [6.07, 6.45) is -0.891. The van der Waals surface area contributed by atoms with Crippen LogP contribution in [0.5, 0.6) is 5.75 Å². The van der Waals surface area contributed by atoms with Gasteiger partial charge in [-0.05, 0) is 6.07 Å². The van der Waals surface area contributed by atoms with E-state index in [1.165, 1.54) is 11.8 Å².